The average molecular weight is 282 g/mol. The van der Waals surface area contributed by atoms with E-state index < -0.39 is 9.39 Å². The Labute approximate surface area is 109 Å². The van der Waals surface area contributed by atoms with Crippen molar-refractivity contribution in [1.29, 1.82) is 0 Å². The van der Waals surface area contributed by atoms with E-state index in [4.69, 9.17) is 44.3 Å². The summed E-state index contributed by atoms with van der Waals surface area (Å²) in [6.07, 6.45) is 0.345. The molecule has 0 bridgehead atoms. The fourth-order valence-electron chi connectivity index (χ4n) is 1.69. The Morgan fingerprint density at radius 1 is 1.44 bits per heavy atom. The van der Waals surface area contributed by atoms with Crippen molar-refractivity contribution in [3.63, 3.8) is 0 Å². The first kappa shape index (κ1) is 12.3. The topological polar surface area (TPSA) is 21.8 Å². The van der Waals surface area contributed by atoms with Crippen LogP contribution >= 0.6 is 34.8 Å². The van der Waals surface area contributed by atoms with Gasteiger partial charge in [0.05, 0.1) is 13.7 Å². The van der Waals surface area contributed by atoms with Crippen molar-refractivity contribution in [1.82, 2.24) is 0 Å². The Bertz CT molecular complexity index is 383. The lowest BCUT2D eigenvalue weighted by Gasteiger charge is -2.18. The molecule has 1 aliphatic heterocycles. The Balaban J connectivity index is 2.23. The molecule has 2 rings (SSSR count). The highest BCUT2D eigenvalue weighted by Crippen LogP contribution is 2.50. The molecule has 1 fully saturated rings. The van der Waals surface area contributed by atoms with E-state index in [-0.39, 0.29) is 0 Å². The summed E-state index contributed by atoms with van der Waals surface area (Å²) in [5, 5.41) is 0. The smallest absolute Gasteiger partial charge is 0.193 e. The van der Waals surface area contributed by atoms with Crippen LogP contribution in [0.3, 0.4) is 0 Å². The predicted molar refractivity (Wildman–Crippen MR) is 65.5 cm³/mol. The number of hydrogen-bond donors (Lipinski definition) is 0. The molecule has 1 heterocycles. The van der Waals surface area contributed by atoms with Gasteiger partial charge in [-0.25, -0.2) is 0 Å². The van der Waals surface area contributed by atoms with Gasteiger partial charge in [-0.15, -0.1) is 0 Å². The van der Waals surface area contributed by atoms with Crippen LogP contribution in [0.4, 0.5) is 0 Å². The number of alkyl halides is 3. The monoisotopic (exact) mass is 280 g/mol. The molecule has 0 aromatic heterocycles. The maximum absolute atomic E-state index is 5.80. The number of benzene rings is 1. The third-order valence-electron chi connectivity index (χ3n) is 2.57. The van der Waals surface area contributed by atoms with Crippen LogP contribution in [0.25, 0.3) is 0 Å². The Hall–Kier alpha value is -0.150. The summed E-state index contributed by atoms with van der Waals surface area (Å²) in [6, 6.07) is 7.63. The highest BCUT2D eigenvalue weighted by molar-refractivity contribution is 6.67. The molecular formula is C11H11Cl3O2. The van der Waals surface area contributed by atoms with Crippen LogP contribution in [0, 0.1) is 0 Å². The molecule has 1 atom stereocenters. The zero-order valence-corrected chi connectivity index (χ0v) is 10.9. The van der Waals surface area contributed by atoms with E-state index in [9.17, 15) is 0 Å². The third-order valence-corrected chi connectivity index (χ3v) is 2.98. The molecule has 2 nitrogen and oxygen atoms in total. The fourth-order valence-corrected chi connectivity index (χ4v) is 2.34. The number of halogens is 3. The Morgan fingerprint density at radius 3 is 2.62 bits per heavy atom. The molecule has 0 amide bonds. The SMILES string of the molecule is COc1cccc(C2(CC(Cl)(Cl)Cl)CO2)c1. The molecule has 0 N–H and O–H groups in total. The van der Waals surface area contributed by atoms with Crippen molar-refractivity contribution in [3.8, 4) is 5.75 Å². The Kier molecular flexibility index (Phi) is 3.28. The second-order valence-corrected chi connectivity index (χ2v) is 6.32. The van der Waals surface area contributed by atoms with E-state index in [0.717, 1.165) is 11.3 Å². The van der Waals surface area contributed by atoms with E-state index in [1.165, 1.54) is 0 Å². The lowest BCUT2D eigenvalue weighted by molar-refractivity contribution is 0.294. The third kappa shape index (κ3) is 2.75. The summed E-state index contributed by atoms with van der Waals surface area (Å²) in [7, 11) is 1.62. The normalized spacial score (nSPS) is 24.2. The first-order valence-corrected chi connectivity index (χ1v) is 5.94. The largest absolute Gasteiger partial charge is 0.497 e. The maximum atomic E-state index is 5.80. The van der Waals surface area contributed by atoms with Gasteiger partial charge in [-0.1, -0.05) is 46.9 Å². The van der Waals surface area contributed by atoms with Crippen molar-refractivity contribution in [2.24, 2.45) is 0 Å². The maximum Gasteiger partial charge on any atom is 0.193 e. The molecule has 0 spiro atoms. The second kappa shape index (κ2) is 4.26. The van der Waals surface area contributed by atoms with Gasteiger partial charge >= 0.3 is 0 Å². The molecule has 88 valence electrons. The number of hydrogen-bond acceptors (Lipinski definition) is 2. The summed E-state index contributed by atoms with van der Waals surface area (Å²) in [6.45, 7) is 0.577. The Morgan fingerprint density at radius 2 is 2.12 bits per heavy atom. The summed E-state index contributed by atoms with van der Waals surface area (Å²) >= 11 is 17.4. The van der Waals surface area contributed by atoms with Gasteiger partial charge in [0, 0.05) is 6.42 Å². The molecule has 0 aliphatic carbocycles. The van der Waals surface area contributed by atoms with Gasteiger partial charge in [-0.05, 0) is 17.7 Å². The summed E-state index contributed by atoms with van der Waals surface area (Å²) in [4.78, 5) is 0. The van der Waals surface area contributed by atoms with Crippen LogP contribution in [0.2, 0.25) is 0 Å². The van der Waals surface area contributed by atoms with E-state index in [1.807, 2.05) is 24.3 Å². The molecule has 1 aromatic rings. The molecule has 0 saturated carbocycles. The molecule has 5 heteroatoms. The van der Waals surface area contributed by atoms with Crippen molar-refractivity contribution in [2.75, 3.05) is 13.7 Å². The van der Waals surface area contributed by atoms with Crippen LogP contribution in [0.1, 0.15) is 12.0 Å². The number of rotatable bonds is 3. The quantitative estimate of drug-likeness (QED) is 0.623. The molecule has 1 unspecified atom stereocenters. The highest BCUT2D eigenvalue weighted by atomic mass is 35.6. The van der Waals surface area contributed by atoms with Crippen LogP contribution < -0.4 is 4.74 Å². The van der Waals surface area contributed by atoms with Gasteiger partial charge < -0.3 is 9.47 Å². The van der Waals surface area contributed by atoms with Crippen molar-refractivity contribution in [2.45, 2.75) is 15.8 Å². The fraction of sp³-hybridized carbons (Fsp3) is 0.455. The molecule has 16 heavy (non-hydrogen) atoms. The van der Waals surface area contributed by atoms with Gasteiger partial charge in [-0.2, -0.15) is 0 Å². The van der Waals surface area contributed by atoms with Crippen LogP contribution in [-0.4, -0.2) is 17.5 Å². The van der Waals surface area contributed by atoms with Gasteiger partial charge in [0.25, 0.3) is 0 Å². The van der Waals surface area contributed by atoms with Crippen molar-refractivity contribution < 1.29 is 9.47 Å². The number of methoxy groups -OCH3 is 1. The van der Waals surface area contributed by atoms with Crippen LogP contribution in [0.5, 0.6) is 5.75 Å². The standard InChI is InChI=1S/C11H11Cl3O2/c1-15-9-4-2-3-8(5-9)10(7-16-10)6-11(12,13)14/h2-5H,6-7H2,1H3. The summed E-state index contributed by atoms with van der Waals surface area (Å²) in [5.74, 6) is 0.775. The molecule has 1 saturated heterocycles. The molecule has 1 aliphatic rings. The minimum absolute atomic E-state index is 0.345. The number of epoxide rings is 1. The van der Waals surface area contributed by atoms with Gasteiger partial charge in [0.1, 0.15) is 11.4 Å². The zero-order chi connectivity index (χ0) is 11.8. The van der Waals surface area contributed by atoms with E-state index in [0.29, 0.717) is 13.0 Å². The minimum Gasteiger partial charge on any atom is -0.497 e. The second-order valence-electron chi connectivity index (χ2n) is 3.81. The summed E-state index contributed by atoms with van der Waals surface area (Å²) < 4.78 is 9.30. The molecule has 1 aromatic carbocycles. The first-order chi connectivity index (χ1) is 7.45. The van der Waals surface area contributed by atoms with E-state index in [1.54, 1.807) is 7.11 Å². The predicted octanol–water partition coefficient (Wildman–Crippen LogP) is 3.68. The van der Waals surface area contributed by atoms with Crippen molar-refractivity contribution >= 4 is 34.8 Å². The first-order valence-electron chi connectivity index (χ1n) is 4.80. The van der Waals surface area contributed by atoms with Gasteiger partial charge in [-0.3, -0.25) is 0 Å². The summed E-state index contributed by atoms with van der Waals surface area (Å²) in [5.41, 5.74) is 0.526. The van der Waals surface area contributed by atoms with Crippen LogP contribution in [0.15, 0.2) is 24.3 Å². The lowest BCUT2D eigenvalue weighted by atomic mass is 9.97. The zero-order valence-electron chi connectivity index (χ0n) is 8.67. The van der Waals surface area contributed by atoms with E-state index >= 15 is 0 Å². The lowest BCUT2D eigenvalue weighted by Crippen LogP contribution is -2.18. The van der Waals surface area contributed by atoms with Crippen molar-refractivity contribution in [3.05, 3.63) is 29.8 Å². The molecular weight excluding hydrogens is 270 g/mol. The van der Waals surface area contributed by atoms with Gasteiger partial charge in [0.2, 0.25) is 0 Å². The number of ether oxygens (including phenoxy) is 2. The minimum atomic E-state index is -1.31. The highest BCUT2D eigenvalue weighted by Gasteiger charge is 2.51. The van der Waals surface area contributed by atoms with Gasteiger partial charge in [0.15, 0.2) is 3.79 Å². The van der Waals surface area contributed by atoms with E-state index in [2.05, 4.69) is 0 Å². The van der Waals surface area contributed by atoms with Crippen LogP contribution in [-0.2, 0) is 10.3 Å². The average Bonchev–Trinajstić information content (AvgIpc) is 2.96. The molecule has 0 radical (unpaired) electrons.